The van der Waals surface area contributed by atoms with Crippen molar-refractivity contribution in [3.05, 3.63) is 41.7 Å². The van der Waals surface area contributed by atoms with Gasteiger partial charge in [0.2, 0.25) is 5.95 Å². The number of aromatic nitrogens is 4. The van der Waals surface area contributed by atoms with Crippen LogP contribution in [0.5, 0.6) is 0 Å². The fourth-order valence-corrected chi connectivity index (χ4v) is 3.41. The number of aliphatic hydroxyl groups is 1. The van der Waals surface area contributed by atoms with Crippen molar-refractivity contribution in [2.75, 3.05) is 23.4 Å². The minimum Gasteiger partial charge on any atom is -0.394 e. The SMILES string of the molecule is OCC1CCCN1c1nc(NCc2cccc(C(F)(F)F)c2)c2[nH]cnc2n1. The van der Waals surface area contributed by atoms with Gasteiger partial charge < -0.3 is 20.3 Å². The fourth-order valence-electron chi connectivity index (χ4n) is 3.41. The van der Waals surface area contributed by atoms with Gasteiger partial charge in [0.1, 0.15) is 5.52 Å². The maximum atomic E-state index is 12.9. The zero-order valence-corrected chi connectivity index (χ0v) is 14.9. The summed E-state index contributed by atoms with van der Waals surface area (Å²) in [7, 11) is 0. The number of imidazole rings is 1. The van der Waals surface area contributed by atoms with E-state index in [2.05, 4.69) is 25.3 Å². The van der Waals surface area contributed by atoms with E-state index in [4.69, 9.17) is 0 Å². The van der Waals surface area contributed by atoms with Gasteiger partial charge in [-0.3, -0.25) is 0 Å². The number of benzene rings is 1. The number of anilines is 2. The maximum Gasteiger partial charge on any atom is 0.416 e. The van der Waals surface area contributed by atoms with Crippen LogP contribution in [0.1, 0.15) is 24.0 Å². The molecule has 148 valence electrons. The van der Waals surface area contributed by atoms with E-state index in [1.807, 2.05) is 4.90 Å². The molecule has 0 bridgehead atoms. The Labute approximate surface area is 158 Å². The second-order valence-corrected chi connectivity index (χ2v) is 6.70. The number of H-pyrrole nitrogens is 1. The molecular formula is C18H19F3N6O. The molecule has 2 aromatic heterocycles. The first kappa shape index (κ1) is 18.5. The second kappa shape index (κ2) is 7.27. The van der Waals surface area contributed by atoms with E-state index in [1.165, 1.54) is 12.4 Å². The van der Waals surface area contributed by atoms with Gasteiger partial charge in [-0.15, -0.1) is 0 Å². The largest absolute Gasteiger partial charge is 0.416 e. The lowest BCUT2D eigenvalue weighted by Crippen LogP contribution is -2.33. The smallest absolute Gasteiger partial charge is 0.394 e. The Kier molecular flexibility index (Phi) is 4.80. The van der Waals surface area contributed by atoms with E-state index < -0.39 is 11.7 Å². The van der Waals surface area contributed by atoms with Gasteiger partial charge in [0.25, 0.3) is 0 Å². The van der Waals surface area contributed by atoms with Crippen LogP contribution < -0.4 is 10.2 Å². The monoisotopic (exact) mass is 392 g/mol. The summed E-state index contributed by atoms with van der Waals surface area (Å²) >= 11 is 0. The highest BCUT2D eigenvalue weighted by Crippen LogP contribution is 2.30. The number of rotatable bonds is 5. The molecule has 3 N–H and O–H groups in total. The van der Waals surface area contributed by atoms with Gasteiger partial charge in [-0.2, -0.15) is 23.1 Å². The number of hydrogen-bond donors (Lipinski definition) is 3. The van der Waals surface area contributed by atoms with Crippen LogP contribution in [0.25, 0.3) is 11.2 Å². The summed E-state index contributed by atoms with van der Waals surface area (Å²) in [5.41, 5.74) is 0.831. The van der Waals surface area contributed by atoms with E-state index in [1.54, 1.807) is 6.07 Å². The quantitative estimate of drug-likeness (QED) is 0.619. The minimum atomic E-state index is -4.39. The van der Waals surface area contributed by atoms with Crippen molar-refractivity contribution in [3.63, 3.8) is 0 Å². The molecule has 1 saturated heterocycles. The number of hydrogen-bond acceptors (Lipinski definition) is 6. The zero-order chi connectivity index (χ0) is 19.7. The summed E-state index contributed by atoms with van der Waals surface area (Å²) in [5.74, 6) is 0.904. The van der Waals surface area contributed by atoms with Gasteiger partial charge in [-0.25, -0.2) is 4.98 Å². The molecule has 1 aromatic carbocycles. The number of aliphatic hydroxyl groups excluding tert-OH is 1. The molecule has 1 aliphatic heterocycles. The standard InChI is InChI=1S/C18H19F3N6O/c19-18(20,21)12-4-1-3-11(7-12)8-22-15-14-16(24-10-23-14)26-17(25-15)27-6-2-5-13(27)9-28/h1,3-4,7,10,13,28H,2,5-6,8-9H2,(H2,22,23,24,25,26). The van der Waals surface area contributed by atoms with Crippen molar-refractivity contribution in [3.8, 4) is 0 Å². The first-order valence-electron chi connectivity index (χ1n) is 8.94. The third kappa shape index (κ3) is 3.59. The van der Waals surface area contributed by atoms with Crippen LogP contribution in [-0.2, 0) is 12.7 Å². The summed E-state index contributed by atoms with van der Waals surface area (Å²) in [6, 6.07) is 5.11. The van der Waals surface area contributed by atoms with Crippen molar-refractivity contribution in [1.29, 1.82) is 0 Å². The van der Waals surface area contributed by atoms with E-state index in [9.17, 15) is 18.3 Å². The Morgan fingerprint density at radius 2 is 2.14 bits per heavy atom. The molecule has 0 radical (unpaired) electrons. The number of nitrogens with zero attached hydrogens (tertiary/aromatic N) is 4. The molecule has 3 heterocycles. The third-order valence-electron chi connectivity index (χ3n) is 4.83. The lowest BCUT2D eigenvalue weighted by molar-refractivity contribution is -0.137. The van der Waals surface area contributed by atoms with Gasteiger partial charge in [-0.05, 0) is 30.5 Å². The van der Waals surface area contributed by atoms with Crippen molar-refractivity contribution in [2.45, 2.75) is 31.6 Å². The van der Waals surface area contributed by atoms with Crippen LogP contribution in [-0.4, -0.2) is 44.2 Å². The molecule has 0 amide bonds. The Morgan fingerprint density at radius 1 is 1.29 bits per heavy atom. The molecule has 3 aromatic rings. The number of alkyl halides is 3. The van der Waals surface area contributed by atoms with Crippen LogP contribution in [0, 0.1) is 0 Å². The van der Waals surface area contributed by atoms with Crippen LogP contribution in [0.3, 0.4) is 0 Å². The molecule has 1 atom stereocenters. The Balaban J connectivity index is 1.61. The Hall–Kier alpha value is -2.88. The fraction of sp³-hybridized carbons (Fsp3) is 0.389. The highest BCUT2D eigenvalue weighted by Gasteiger charge is 2.30. The van der Waals surface area contributed by atoms with Gasteiger partial charge in [0, 0.05) is 13.1 Å². The lowest BCUT2D eigenvalue weighted by Gasteiger charge is -2.23. The molecule has 1 aliphatic rings. The summed E-state index contributed by atoms with van der Waals surface area (Å²) in [6.45, 7) is 0.904. The average Bonchev–Trinajstić information content (AvgIpc) is 3.34. The number of halogens is 3. The molecule has 7 nitrogen and oxygen atoms in total. The van der Waals surface area contributed by atoms with Crippen LogP contribution in [0.4, 0.5) is 24.9 Å². The lowest BCUT2D eigenvalue weighted by atomic mass is 10.1. The van der Waals surface area contributed by atoms with E-state index >= 15 is 0 Å². The zero-order valence-electron chi connectivity index (χ0n) is 14.9. The second-order valence-electron chi connectivity index (χ2n) is 6.70. The van der Waals surface area contributed by atoms with E-state index in [-0.39, 0.29) is 19.2 Å². The topological polar surface area (TPSA) is 90.0 Å². The summed E-state index contributed by atoms with van der Waals surface area (Å²) in [5, 5.41) is 12.6. The number of fused-ring (bicyclic) bond motifs is 1. The first-order valence-corrected chi connectivity index (χ1v) is 8.94. The average molecular weight is 392 g/mol. The van der Waals surface area contributed by atoms with E-state index in [0.29, 0.717) is 28.5 Å². The predicted molar refractivity (Wildman–Crippen MR) is 97.9 cm³/mol. The van der Waals surface area contributed by atoms with Gasteiger partial charge in [-0.1, -0.05) is 12.1 Å². The van der Waals surface area contributed by atoms with E-state index in [0.717, 1.165) is 31.5 Å². The summed E-state index contributed by atoms with van der Waals surface area (Å²) in [6.07, 6.45) is -1.11. The summed E-state index contributed by atoms with van der Waals surface area (Å²) < 4.78 is 38.7. The van der Waals surface area contributed by atoms with Crippen molar-refractivity contribution in [2.24, 2.45) is 0 Å². The molecule has 0 spiro atoms. The predicted octanol–water partition coefficient (Wildman–Crippen LogP) is 2.94. The molecule has 10 heteroatoms. The molecule has 4 rings (SSSR count). The molecule has 28 heavy (non-hydrogen) atoms. The number of aromatic amines is 1. The number of nitrogens with one attached hydrogen (secondary N) is 2. The van der Waals surface area contributed by atoms with Crippen LogP contribution >= 0.6 is 0 Å². The van der Waals surface area contributed by atoms with Crippen molar-refractivity contribution >= 4 is 22.9 Å². The summed E-state index contributed by atoms with van der Waals surface area (Å²) in [4.78, 5) is 18.1. The van der Waals surface area contributed by atoms with Gasteiger partial charge in [0.05, 0.1) is 24.5 Å². The normalized spacial score (nSPS) is 17.4. The third-order valence-corrected chi connectivity index (χ3v) is 4.83. The van der Waals surface area contributed by atoms with Crippen molar-refractivity contribution < 1.29 is 18.3 Å². The Bertz CT molecular complexity index is 973. The molecule has 1 unspecified atom stereocenters. The van der Waals surface area contributed by atoms with Crippen LogP contribution in [0.15, 0.2) is 30.6 Å². The van der Waals surface area contributed by atoms with Gasteiger partial charge >= 0.3 is 6.18 Å². The first-order chi connectivity index (χ1) is 13.5. The van der Waals surface area contributed by atoms with Gasteiger partial charge in [0.15, 0.2) is 11.5 Å². The maximum absolute atomic E-state index is 12.9. The molecular weight excluding hydrogens is 373 g/mol. The van der Waals surface area contributed by atoms with Crippen molar-refractivity contribution in [1.82, 2.24) is 19.9 Å². The molecule has 0 aliphatic carbocycles. The highest BCUT2D eigenvalue weighted by molar-refractivity contribution is 5.83. The highest BCUT2D eigenvalue weighted by atomic mass is 19.4. The molecule has 1 fully saturated rings. The molecule has 0 saturated carbocycles. The minimum absolute atomic E-state index is 0.00889. The Morgan fingerprint density at radius 3 is 2.93 bits per heavy atom. The van der Waals surface area contributed by atoms with Crippen LogP contribution in [0.2, 0.25) is 0 Å².